The second-order valence-corrected chi connectivity index (χ2v) is 5.35. The number of hydrogen-bond donors (Lipinski definition) is 2. The van der Waals surface area contributed by atoms with Crippen LogP contribution in [0.3, 0.4) is 0 Å². The van der Waals surface area contributed by atoms with Gasteiger partial charge < -0.3 is 10.6 Å². The number of carbonyl (C=O) groups is 1. The van der Waals surface area contributed by atoms with Crippen molar-refractivity contribution >= 4 is 5.91 Å². The summed E-state index contributed by atoms with van der Waals surface area (Å²) in [7, 11) is 0. The van der Waals surface area contributed by atoms with Crippen molar-refractivity contribution < 1.29 is 4.79 Å². The van der Waals surface area contributed by atoms with Crippen molar-refractivity contribution in [3.63, 3.8) is 0 Å². The lowest BCUT2D eigenvalue weighted by molar-refractivity contribution is -0.122. The van der Waals surface area contributed by atoms with Crippen LogP contribution in [0.1, 0.15) is 18.1 Å². The maximum atomic E-state index is 11.9. The highest BCUT2D eigenvalue weighted by molar-refractivity contribution is 5.78. The third-order valence-electron chi connectivity index (χ3n) is 3.43. The van der Waals surface area contributed by atoms with Crippen LogP contribution in [0, 0.1) is 6.92 Å². The van der Waals surface area contributed by atoms with Gasteiger partial charge in [-0.05, 0) is 19.4 Å². The van der Waals surface area contributed by atoms with Gasteiger partial charge in [0.25, 0.3) is 0 Å². The van der Waals surface area contributed by atoms with Crippen molar-refractivity contribution in [3.8, 4) is 0 Å². The van der Waals surface area contributed by atoms with E-state index >= 15 is 0 Å². The third kappa shape index (κ3) is 4.65. The highest BCUT2D eigenvalue weighted by Crippen LogP contribution is 2.03. The first kappa shape index (κ1) is 14.0. The fourth-order valence-corrected chi connectivity index (χ4v) is 2.32. The minimum Gasteiger partial charge on any atom is -0.351 e. The molecule has 0 saturated carbocycles. The number of hydrogen-bond acceptors (Lipinski definition) is 3. The van der Waals surface area contributed by atoms with E-state index in [1.165, 1.54) is 5.56 Å². The van der Waals surface area contributed by atoms with Crippen LogP contribution < -0.4 is 10.6 Å². The summed E-state index contributed by atoms with van der Waals surface area (Å²) in [6.45, 7) is 8.18. The van der Waals surface area contributed by atoms with Gasteiger partial charge in [-0.1, -0.05) is 29.8 Å². The minimum absolute atomic E-state index is 0.106. The van der Waals surface area contributed by atoms with E-state index in [1.807, 2.05) is 0 Å². The molecular formula is C15H23N3O. The zero-order valence-corrected chi connectivity index (χ0v) is 11.8. The number of piperazine rings is 1. The first-order valence-electron chi connectivity index (χ1n) is 6.91. The molecule has 2 N–H and O–H groups in total. The number of carbonyl (C=O) groups excluding carboxylic acids is 1. The van der Waals surface area contributed by atoms with Gasteiger partial charge in [0.1, 0.15) is 0 Å². The summed E-state index contributed by atoms with van der Waals surface area (Å²) in [5.74, 6) is 0.106. The predicted molar refractivity (Wildman–Crippen MR) is 76.9 cm³/mol. The molecule has 19 heavy (non-hydrogen) atoms. The summed E-state index contributed by atoms with van der Waals surface area (Å²) < 4.78 is 0. The Bertz CT molecular complexity index is 416. The summed E-state index contributed by atoms with van der Waals surface area (Å²) >= 11 is 0. The highest BCUT2D eigenvalue weighted by atomic mass is 16.2. The van der Waals surface area contributed by atoms with Gasteiger partial charge in [-0.15, -0.1) is 0 Å². The van der Waals surface area contributed by atoms with Crippen LogP contribution in [0.15, 0.2) is 24.3 Å². The van der Waals surface area contributed by atoms with E-state index in [9.17, 15) is 4.79 Å². The third-order valence-corrected chi connectivity index (χ3v) is 3.43. The standard InChI is InChI=1S/C15H23N3O/c1-12-3-5-14(6-4-12)9-17-15(19)11-18-8-7-16-13(2)10-18/h3-6,13,16H,7-11H2,1-2H3,(H,17,19). The quantitative estimate of drug-likeness (QED) is 0.846. The Morgan fingerprint density at radius 3 is 2.84 bits per heavy atom. The van der Waals surface area contributed by atoms with Crippen LogP contribution in [0.2, 0.25) is 0 Å². The van der Waals surface area contributed by atoms with Gasteiger partial charge in [-0.25, -0.2) is 0 Å². The molecule has 4 nitrogen and oxygen atoms in total. The van der Waals surface area contributed by atoms with Crippen LogP contribution in [0.25, 0.3) is 0 Å². The normalized spacial score (nSPS) is 20.2. The molecule has 0 radical (unpaired) electrons. The van der Waals surface area contributed by atoms with E-state index in [4.69, 9.17) is 0 Å². The molecular weight excluding hydrogens is 238 g/mol. The summed E-state index contributed by atoms with van der Waals surface area (Å²) in [6, 6.07) is 8.72. The van der Waals surface area contributed by atoms with E-state index in [0.29, 0.717) is 19.1 Å². The average Bonchev–Trinajstić information content (AvgIpc) is 2.38. The van der Waals surface area contributed by atoms with E-state index < -0.39 is 0 Å². The van der Waals surface area contributed by atoms with E-state index in [0.717, 1.165) is 25.2 Å². The van der Waals surface area contributed by atoms with Crippen LogP contribution in [0.4, 0.5) is 0 Å². The van der Waals surface area contributed by atoms with Gasteiger partial charge in [0.15, 0.2) is 0 Å². The van der Waals surface area contributed by atoms with E-state index in [1.54, 1.807) is 0 Å². The minimum atomic E-state index is 0.106. The largest absolute Gasteiger partial charge is 0.351 e. The second-order valence-electron chi connectivity index (χ2n) is 5.35. The number of benzene rings is 1. The molecule has 1 amide bonds. The Hall–Kier alpha value is -1.39. The molecule has 1 saturated heterocycles. The van der Waals surface area contributed by atoms with Crippen LogP contribution in [0.5, 0.6) is 0 Å². The summed E-state index contributed by atoms with van der Waals surface area (Å²) in [4.78, 5) is 14.1. The molecule has 0 bridgehead atoms. The predicted octanol–water partition coefficient (Wildman–Crippen LogP) is 0.905. The lowest BCUT2D eigenvalue weighted by Gasteiger charge is -2.31. The Balaban J connectivity index is 1.73. The molecule has 1 fully saturated rings. The Labute approximate surface area is 115 Å². The Kier molecular flexibility index (Phi) is 4.93. The maximum absolute atomic E-state index is 11.9. The van der Waals surface area contributed by atoms with E-state index in [-0.39, 0.29) is 5.91 Å². The van der Waals surface area contributed by atoms with Crippen molar-refractivity contribution in [3.05, 3.63) is 35.4 Å². The molecule has 0 spiro atoms. The summed E-state index contributed by atoms with van der Waals surface area (Å²) in [5.41, 5.74) is 2.39. The summed E-state index contributed by atoms with van der Waals surface area (Å²) in [6.07, 6.45) is 0. The smallest absolute Gasteiger partial charge is 0.234 e. The number of aryl methyl sites for hydroxylation is 1. The molecule has 1 aromatic rings. The number of amides is 1. The molecule has 0 aliphatic carbocycles. The van der Waals surface area contributed by atoms with Crippen molar-refractivity contribution in [1.82, 2.24) is 15.5 Å². The van der Waals surface area contributed by atoms with Gasteiger partial charge in [0, 0.05) is 32.2 Å². The Morgan fingerprint density at radius 1 is 1.42 bits per heavy atom. The monoisotopic (exact) mass is 261 g/mol. The Morgan fingerprint density at radius 2 is 2.16 bits per heavy atom. The van der Waals surface area contributed by atoms with Gasteiger partial charge in [0.05, 0.1) is 6.54 Å². The van der Waals surface area contributed by atoms with Gasteiger partial charge in [-0.2, -0.15) is 0 Å². The first-order valence-corrected chi connectivity index (χ1v) is 6.91. The zero-order valence-electron chi connectivity index (χ0n) is 11.8. The second kappa shape index (κ2) is 6.68. The van der Waals surface area contributed by atoms with Crippen molar-refractivity contribution in [2.45, 2.75) is 26.4 Å². The topological polar surface area (TPSA) is 44.4 Å². The van der Waals surface area contributed by atoms with Gasteiger partial charge in [0.2, 0.25) is 5.91 Å². The molecule has 1 aromatic carbocycles. The molecule has 1 aliphatic heterocycles. The molecule has 1 heterocycles. The highest BCUT2D eigenvalue weighted by Gasteiger charge is 2.17. The van der Waals surface area contributed by atoms with E-state index in [2.05, 4.69) is 53.6 Å². The van der Waals surface area contributed by atoms with Crippen LogP contribution in [-0.2, 0) is 11.3 Å². The van der Waals surface area contributed by atoms with Crippen molar-refractivity contribution in [2.24, 2.45) is 0 Å². The van der Waals surface area contributed by atoms with Gasteiger partial charge >= 0.3 is 0 Å². The fraction of sp³-hybridized carbons (Fsp3) is 0.533. The molecule has 0 aromatic heterocycles. The lowest BCUT2D eigenvalue weighted by atomic mass is 10.1. The molecule has 104 valence electrons. The molecule has 1 atom stereocenters. The molecule has 1 unspecified atom stereocenters. The van der Waals surface area contributed by atoms with Gasteiger partial charge in [-0.3, -0.25) is 9.69 Å². The summed E-state index contributed by atoms with van der Waals surface area (Å²) in [5, 5.41) is 6.35. The number of nitrogens with zero attached hydrogens (tertiary/aromatic N) is 1. The SMILES string of the molecule is Cc1ccc(CNC(=O)CN2CCNC(C)C2)cc1. The van der Waals surface area contributed by atoms with Crippen molar-refractivity contribution in [2.75, 3.05) is 26.2 Å². The van der Waals surface area contributed by atoms with Crippen LogP contribution >= 0.6 is 0 Å². The fourth-order valence-electron chi connectivity index (χ4n) is 2.32. The molecule has 4 heteroatoms. The lowest BCUT2D eigenvalue weighted by Crippen LogP contribution is -2.51. The number of rotatable bonds is 4. The van der Waals surface area contributed by atoms with Crippen LogP contribution in [-0.4, -0.2) is 43.0 Å². The molecule has 2 rings (SSSR count). The zero-order chi connectivity index (χ0) is 13.7. The number of nitrogens with one attached hydrogen (secondary N) is 2. The van der Waals surface area contributed by atoms with Crippen molar-refractivity contribution in [1.29, 1.82) is 0 Å². The molecule has 1 aliphatic rings. The average molecular weight is 261 g/mol. The first-order chi connectivity index (χ1) is 9.13. The maximum Gasteiger partial charge on any atom is 0.234 e.